The number of aliphatic hydroxyl groups is 1. The van der Waals surface area contributed by atoms with Crippen molar-refractivity contribution in [2.75, 3.05) is 11.0 Å². The molecule has 0 aromatic rings. The molecule has 0 saturated heterocycles. The van der Waals surface area contributed by atoms with Crippen LogP contribution in [0.25, 0.3) is 0 Å². The van der Waals surface area contributed by atoms with Crippen LogP contribution >= 0.6 is 22.6 Å². The van der Waals surface area contributed by atoms with Crippen molar-refractivity contribution in [3.05, 3.63) is 23.3 Å². The number of carbonyl (C=O) groups is 3. The molecule has 7 unspecified atom stereocenters. The van der Waals surface area contributed by atoms with Gasteiger partial charge < -0.3 is 19.4 Å². The Balaban J connectivity index is 1.41. The predicted molar refractivity (Wildman–Crippen MR) is 125 cm³/mol. The van der Waals surface area contributed by atoms with E-state index < -0.39 is 11.0 Å². The Kier molecular flexibility index (Phi) is 5.59. The molecule has 0 aromatic heterocycles. The van der Waals surface area contributed by atoms with E-state index in [9.17, 15) is 19.5 Å². The number of esters is 2. The number of aldehydes is 1. The van der Waals surface area contributed by atoms with Crippen molar-refractivity contribution in [3.8, 4) is 0 Å². The summed E-state index contributed by atoms with van der Waals surface area (Å²) in [6, 6.07) is 0. The number of carbonyl (C=O) groups excluding carboxylic acids is 3. The van der Waals surface area contributed by atoms with Gasteiger partial charge in [0.1, 0.15) is 19.0 Å². The van der Waals surface area contributed by atoms with Crippen molar-refractivity contribution < 1.29 is 29.0 Å². The van der Waals surface area contributed by atoms with E-state index in [1.54, 1.807) is 6.08 Å². The van der Waals surface area contributed by atoms with Crippen LogP contribution < -0.4 is 0 Å². The normalized spacial score (nSPS) is 45.0. The minimum atomic E-state index is -1.12. The molecule has 174 valence electrons. The van der Waals surface area contributed by atoms with Gasteiger partial charge in [-0.05, 0) is 73.7 Å². The van der Waals surface area contributed by atoms with Crippen LogP contribution in [0.1, 0.15) is 58.3 Å². The second-order valence-electron chi connectivity index (χ2n) is 10.7. The fourth-order valence-electron chi connectivity index (χ4n) is 7.96. The van der Waals surface area contributed by atoms with Gasteiger partial charge in [0.05, 0.1) is 15.4 Å². The fraction of sp³-hybridized carbons (Fsp3) is 0.720. The lowest BCUT2D eigenvalue weighted by Gasteiger charge is -2.61. The second kappa shape index (κ2) is 7.93. The van der Waals surface area contributed by atoms with Gasteiger partial charge in [0, 0.05) is 12.5 Å². The predicted octanol–water partition coefficient (Wildman–Crippen LogP) is 3.69. The summed E-state index contributed by atoms with van der Waals surface area (Å²) in [5.41, 5.74) is 0.589. The Morgan fingerprint density at radius 1 is 1.31 bits per heavy atom. The smallest absolute Gasteiger partial charge is 0.331 e. The van der Waals surface area contributed by atoms with Crippen molar-refractivity contribution in [2.24, 2.45) is 28.6 Å². The van der Waals surface area contributed by atoms with E-state index in [0.717, 1.165) is 37.5 Å². The van der Waals surface area contributed by atoms with E-state index in [1.807, 2.05) is 22.6 Å². The first-order chi connectivity index (χ1) is 15.3. The summed E-state index contributed by atoms with van der Waals surface area (Å²) < 4.78 is 11.1. The van der Waals surface area contributed by atoms with E-state index in [1.165, 1.54) is 5.57 Å². The highest BCUT2D eigenvalue weighted by molar-refractivity contribution is 14.1. The zero-order valence-electron chi connectivity index (χ0n) is 18.5. The minimum Gasteiger partial charge on any atom is -0.462 e. The van der Waals surface area contributed by atoms with E-state index in [2.05, 4.69) is 13.0 Å². The third kappa shape index (κ3) is 3.16. The maximum absolute atomic E-state index is 12.7. The van der Waals surface area contributed by atoms with Gasteiger partial charge in [0.25, 0.3) is 0 Å². The van der Waals surface area contributed by atoms with Crippen LogP contribution in [0.2, 0.25) is 0 Å². The van der Waals surface area contributed by atoms with Gasteiger partial charge in [-0.25, -0.2) is 4.79 Å². The standard InChI is InChI=1S/C25H31IO6/c1-23-7-6-20-17(19(23)3-2-18(23)15-10-21(28)31-13-15)5-9-25(30)11-16(32-22(29)12-26)4-8-24(20,25)14-27/h3,10,14,16-18,20,30H,2,4-9,11-13H2,1H3. The summed E-state index contributed by atoms with van der Waals surface area (Å²) in [5, 5.41) is 11.8. The summed E-state index contributed by atoms with van der Waals surface area (Å²) in [7, 11) is 0. The van der Waals surface area contributed by atoms with E-state index in [4.69, 9.17) is 9.47 Å². The number of ether oxygens (including phenoxy) is 2. The average molecular weight is 554 g/mol. The molecule has 0 spiro atoms. The molecule has 3 fully saturated rings. The molecule has 0 bridgehead atoms. The molecule has 0 amide bonds. The Morgan fingerprint density at radius 2 is 2.12 bits per heavy atom. The Bertz CT molecular complexity index is 910. The molecule has 3 saturated carbocycles. The molecule has 1 N–H and O–H groups in total. The molecule has 5 rings (SSSR count). The van der Waals surface area contributed by atoms with Gasteiger partial charge in [-0.2, -0.15) is 0 Å². The zero-order chi connectivity index (χ0) is 22.7. The van der Waals surface area contributed by atoms with Crippen LogP contribution in [0.15, 0.2) is 23.3 Å². The lowest BCUT2D eigenvalue weighted by Crippen LogP contribution is -2.64. The van der Waals surface area contributed by atoms with E-state index in [0.29, 0.717) is 32.3 Å². The average Bonchev–Trinajstić information content (AvgIpc) is 3.35. The first kappa shape index (κ1) is 22.6. The maximum Gasteiger partial charge on any atom is 0.331 e. The Hall–Kier alpha value is -1.22. The molecule has 4 aliphatic carbocycles. The van der Waals surface area contributed by atoms with Crippen molar-refractivity contribution >= 4 is 40.8 Å². The monoisotopic (exact) mass is 554 g/mol. The number of allylic oxidation sites excluding steroid dienone is 2. The topological polar surface area (TPSA) is 89.9 Å². The number of hydrogen-bond acceptors (Lipinski definition) is 6. The van der Waals surface area contributed by atoms with Crippen LogP contribution in [0, 0.1) is 28.6 Å². The van der Waals surface area contributed by atoms with Crippen LogP contribution in [0.5, 0.6) is 0 Å². The highest BCUT2D eigenvalue weighted by Gasteiger charge is 2.65. The highest BCUT2D eigenvalue weighted by Crippen LogP contribution is 2.67. The summed E-state index contributed by atoms with van der Waals surface area (Å²) >= 11 is 1.99. The molecule has 6 nitrogen and oxygen atoms in total. The number of cyclic esters (lactones) is 1. The number of alkyl halides is 1. The van der Waals surface area contributed by atoms with Crippen LogP contribution in [0.3, 0.4) is 0 Å². The molecule has 0 aromatic carbocycles. The Labute approximate surface area is 202 Å². The summed E-state index contributed by atoms with van der Waals surface area (Å²) in [6.45, 7) is 2.70. The fourth-order valence-corrected chi connectivity index (χ4v) is 8.14. The van der Waals surface area contributed by atoms with Crippen molar-refractivity contribution in [2.45, 2.75) is 70.0 Å². The third-order valence-corrected chi connectivity index (χ3v) is 10.1. The first-order valence-electron chi connectivity index (χ1n) is 11.8. The number of fused-ring (bicyclic) bond motifs is 5. The molecule has 1 heterocycles. The van der Waals surface area contributed by atoms with Gasteiger partial charge in [-0.1, -0.05) is 41.2 Å². The number of halogens is 1. The quantitative estimate of drug-likeness (QED) is 0.188. The van der Waals surface area contributed by atoms with Crippen LogP contribution in [-0.2, 0) is 23.9 Å². The van der Waals surface area contributed by atoms with Crippen molar-refractivity contribution in [1.29, 1.82) is 0 Å². The number of hydrogen-bond donors (Lipinski definition) is 1. The molecule has 32 heavy (non-hydrogen) atoms. The number of rotatable bonds is 4. The van der Waals surface area contributed by atoms with Gasteiger partial charge in [-0.15, -0.1) is 0 Å². The third-order valence-electron chi connectivity index (χ3n) is 9.45. The van der Waals surface area contributed by atoms with Crippen LogP contribution in [-0.4, -0.2) is 46.1 Å². The maximum atomic E-state index is 12.7. The molecular weight excluding hydrogens is 523 g/mol. The molecule has 5 aliphatic rings. The molecule has 1 aliphatic heterocycles. The largest absolute Gasteiger partial charge is 0.462 e. The van der Waals surface area contributed by atoms with Crippen LogP contribution in [0.4, 0.5) is 0 Å². The molecule has 7 atom stereocenters. The van der Waals surface area contributed by atoms with Gasteiger partial charge in [-0.3, -0.25) is 4.79 Å². The van der Waals surface area contributed by atoms with Crippen molar-refractivity contribution in [3.63, 3.8) is 0 Å². The molecule has 0 radical (unpaired) electrons. The molecule has 7 heteroatoms. The highest BCUT2D eigenvalue weighted by atomic mass is 127. The SMILES string of the molecule is CC12CCC3C(CCC4(O)CC(OC(=O)CI)CCC34C=O)C1=CCC2C1=CC(=O)OC1. The van der Waals surface area contributed by atoms with Crippen molar-refractivity contribution in [1.82, 2.24) is 0 Å². The van der Waals surface area contributed by atoms with Gasteiger partial charge >= 0.3 is 11.9 Å². The van der Waals surface area contributed by atoms with Gasteiger partial charge in [0.15, 0.2) is 0 Å². The lowest BCUT2D eigenvalue weighted by atomic mass is 9.44. The summed E-state index contributed by atoms with van der Waals surface area (Å²) in [5.74, 6) is 0.158. The minimum absolute atomic E-state index is 0.0203. The summed E-state index contributed by atoms with van der Waals surface area (Å²) in [4.78, 5) is 36.2. The van der Waals surface area contributed by atoms with Gasteiger partial charge in [0.2, 0.25) is 0 Å². The molecular formula is C25H31IO6. The lowest BCUT2D eigenvalue weighted by molar-refractivity contribution is -0.206. The summed E-state index contributed by atoms with van der Waals surface area (Å²) in [6.07, 6.45) is 10.4. The first-order valence-corrected chi connectivity index (χ1v) is 13.3. The second-order valence-corrected chi connectivity index (χ2v) is 11.4. The zero-order valence-corrected chi connectivity index (χ0v) is 20.6. The van der Waals surface area contributed by atoms with E-state index in [-0.39, 0.29) is 45.6 Å². The van der Waals surface area contributed by atoms with E-state index >= 15 is 0 Å². The Morgan fingerprint density at radius 3 is 2.81 bits per heavy atom.